The van der Waals surface area contributed by atoms with Gasteiger partial charge in [-0.25, -0.2) is 21.9 Å². The van der Waals surface area contributed by atoms with Crippen molar-refractivity contribution in [1.82, 2.24) is 9.78 Å². The van der Waals surface area contributed by atoms with E-state index in [-0.39, 0.29) is 10.6 Å². The highest BCUT2D eigenvalue weighted by molar-refractivity contribution is 9.10. The van der Waals surface area contributed by atoms with Gasteiger partial charge in [0, 0.05) is 16.6 Å². The molecule has 0 radical (unpaired) electrons. The van der Waals surface area contributed by atoms with Gasteiger partial charge >= 0.3 is 0 Å². The van der Waals surface area contributed by atoms with Crippen molar-refractivity contribution in [3.05, 3.63) is 81.1 Å². The van der Waals surface area contributed by atoms with E-state index in [2.05, 4.69) is 26.3 Å². The Kier molecular flexibility index (Phi) is 5.89. The summed E-state index contributed by atoms with van der Waals surface area (Å²) in [4.78, 5) is 24.0. The first-order valence-corrected chi connectivity index (χ1v) is 10.3. The number of hydrogen-bond acceptors (Lipinski definition) is 5. The van der Waals surface area contributed by atoms with Gasteiger partial charge in [-0.2, -0.15) is 5.10 Å². The van der Waals surface area contributed by atoms with Crippen LogP contribution in [0.2, 0.25) is 0 Å². The topological polar surface area (TPSA) is 98.1 Å². The molecular weight excluding hydrogens is 472 g/mol. The van der Waals surface area contributed by atoms with Gasteiger partial charge in [-0.15, -0.1) is 0 Å². The fraction of sp³-hybridized carbons (Fsp3) is 0.0556. The molecule has 1 N–H and O–H groups in total. The maximum absolute atomic E-state index is 13.6. The number of nitrogens with zero attached hydrogens (tertiary/aromatic N) is 2. The number of anilines is 1. The average Bonchev–Trinajstić information content (AvgIpc) is 2.66. The molecule has 0 aliphatic carbocycles. The molecule has 0 bridgehead atoms. The van der Waals surface area contributed by atoms with Crippen LogP contribution in [0.4, 0.5) is 14.5 Å². The summed E-state index contributed by atoms with van der Waals surface area (Å²) in [5, 5.41) is 5.49. The van der Waals surface area contributed by atoms with Crippen LogP contribution in [0.15, 0.2) is 73.8 Å². The van der Waals surface area contributed by atoms with E-state index in [1.165, 1.54) is 24.3 Å². The Bertz CT molecular complexity index is 1240. The van der Waals surface area contributed by atoms with E-state index >= 15 is 0 Å². The number of carbonyl (C=O) groups is 1. The average molecular weight is 484 g/mol. The van der Waals surface area contributed by atoms with Crippen molar-refractivity contribution in [1.29, 1.82) is 0 Å². The molecule has 1 heterocycles. The molecule has 150 valence electrons. The number of aromatic nitrogens is 2. The van der Waals surface area contributed by atoms with Crippen LogP contribution in [0, 0.1) is 11.6 Å². The summed E-state index contributed by atoms with van der Waals surface area (Å²) in [6, 6.07) is 10.4. The minimum Gasteiger partial charge on any atom is -0.322 e. The molecule has 3 rings (SSSR count). The number of carbonyl (C=O) groups excluding carboxylic acids is 1. The van der Waals surface area contributed by atoms with E-state index in [4.69, 9.17) is 0 Å². The van der Waals surface area contributed by atoms with Gasteiger partial charge in [-0.05, 0) is 42.5 Å². The Hall–Kier alpha value is -2.92. The van der Waals surface area contributed by atoms with E-state index < -0.39 is 44.5 Å². The first kappa shape index (κ1) is 20.8. The number of amides is 1. The number of nitrogens with one attached hydrogen (secondary N) is 1. The van der Waals surface area contributed by atoms with Crippen molar-refractivity contribution in [2.75, 3.05) is 5.32 Å². The van der Waals surface area contributed by atoms with Crippen molar-refractivity contribution >= 4 is 37.4 Å². The normalized spacial score (nSPS) is 11.3. The zero-order valence-corrected chi connectivity index (χ0v) is 16.9. The molecule has 2 aromatic carbocycles. The summed E-state index contributed by atoms with van der Waals surface area (Å²) in [5.41, 5.74) is -1.02. The molecule has 0 fully saturated rings. The van der Waals surface area contributed by atoms with Crippen LogP contribution in [-0.4, -0.2) is 24.1 Å². The molecule has 3 aromatic rings. The van der Waals surface area contributed by atoms with Crippen LogP contribution in [0.5, 0.6) is 0 Å². The van der Waals surface area contributed by atoms with Crippen LogP contribution >= 0.6 is 15.9 Å². The van der Waals surface area contributed by atoms with E-state index in [1.54, 1.807) is 0 Å². The third-order valence-corrected chi connectivity index (χ3v) is 5.93. The lowest BCUT2D eigenvalue weighted by molar-refractivity contribution is -0.117. The smallest absolute Gasteiger partial charge is 0.267 e. The van der Waals surface area contributed by atoms with Gasteiger partial charge in [-0.3, -0.25) is 9.59 Å². The van der Waals surface area contributed by atoms with Crippen LogP contribution in [0.3, 0.4) is 0 Å². The fourth-order valence-corrected chi connectivity index (χ4v) is 3.79. The summed E-state index contributed by atoms with van der Waals surface area (Å²) in [6.45, 7) is -0.667. The van der Waals surface area contributed by atoms with Gasteiger partial charge in [0.25, 0.3) is 5.56 Å². The van der Waals surface area contributed by atoms with Crippen LogP contribution in [0.1, 0.15) is 0 Å². The summed E-state index contributed by atoms with van der Waals surface area (Å²) < 4.78 is 53.3. The second-order valence-corrected chi connectivity index (χ2v) is 8.61. The molecule has 1 amide bonds. The van der Waals surface area contributed by atoms with E-state index in [0.717, 1.165) is 24.3 Å². The third-order valence-electron chi connectivity index (χ3n) is 3.74. The van der Waals surface area contributed by atoms with Gasteiger partial charge in [-0.1, -0.05) is 15.9 Å². The molecule has 0 unspecified atom stereocenters. The highest BCUT2D eigenvalue weighted by Crippen LogP contribution is 2.20. The van der Waals surface area contributed by atoms with Crippen LogP contribution < -0.4 is 10.9 Å². The van der Waals surface area contributed by atoms with E-state index in [9.17, 15) is 26.8 Å². The van der Waals surface area contributed by atoms with Gasteiger partial charge in [0.2, 0.25) is 15.7 Å². The molecule has 0 saturated heterocycles. The number of hydrogen-bond donors (Lipinski definition) is 1. The predicted molar refractivity (Wildman–Crippen MR) is 103 cm³/mol. The van der Waals surface area contributed by atoms with Crippen molar-refractivity contribution in [2.24, 2.45) is 0 Å². The van der Waals surface area contributed by atoms with Gasteiger partial charge < -0.3 is 5.32 Å². The van der Waals surface area contributed by atoms with Crippen molar-refractivity contribution in [3.63, 3.8) is 0 Å². The third kappa shape index (κ3) is 4.74. The van der Waals surface area contributed by atoms with E-state index in [0.29, 0.717) is 15.2 Å². The Morgan fingerprint density at radius 1 is 1.07 bits per heavy atom. The molecule has 0 atom stereocenters. The summed E-state index contributed by atoms with van der Waals surface area (Å²) in [7, 11) is -4.03. The van der Waals surface area contributed by atoms with Crippen LogP contribution in [0.25, 0.3) is 0 Å². The zero-order valence-electron chi connectivity index (χ0n) is 14.5. The number of sulfone groups is 1. The first-order chi connectivity index (χ1) is 13.7. The lowest BCUT2D eigenvalue weighted by atomic mass is 10.3. The summed E-state index contributed by atoms with van der Waals surface area (Å²) >= 11 is 3.21. The molecule has 1 aromatic heterocycles. The Labute approximate surface area is 172 Å². The van der Waals surface area contributed by atoms with Gasteiger partial charge in [0.05, 0.1) is 10.6 Å². The van der Waals surface area contributed by atoms with Crippen LogP contribution in [-0.2, 0) is 21.2 Å². The molecule has 7 nitrogen and oxygen atoms in total. The van der Waals surface area contributed by atoms with Crippen molar-refractivity contribution < 1.29 is 22.0 Å². The van der Waals surface area contributed by atoms with Crippen molar-refractivity contribution in [3.8, 4) is 0 Å². The molecule has 0 saturated carbocycles. The second kappa shape index (κ2) is 8.21. The number of rotatable bonds is 5. The largest absolute Gasteiger partial charge is 0.322 e. The molecule has 0 spiro atoms. The minimum atomic E-state index is -4.03. The first-order valence-electron chi connectivity index (χ1n) is 8.00. The molecule has 11 heteroatoms. The number of halogens is 3. The lowest BCUT2D eigenvalue weighted by Crippen LogP contribution is -2.30. The van der Waals surface area contributed by atoms with Crippen molar-refractivity contribution in [2.45, 2.75) is 16.5 Å². The fourth-order valence-electron chi connectivity index (χ4n) is 2.34. The zero-order chi connectivity index (χ0) is 21.2. The highest BCUT2D eigenvalue weighted by Gasteiger charge is 2.21. The monoisotopic (exact) mass is 483 g/mol. The van der Waals surface area contributed by atoms with Gasteiger partial charge in [0.15, 0.2) is 5.03 Å². The number of benzene rings is 2. The second-order valence-electron chi connectivity index (χ2n) is 5.80. The molecule has 29 heavy (non-hydrogen) atoms. The minimum absolute atomic E-state index is 0.0452. The summed E-state index contributed by atoms with van der Waals surface area (Å²) in [5.74, 6) is -2.65. The van der Waals surface area contributed by atoms with E-state index in [1.807, 2.05) is 0 Å². The van der Waals surface area contributed by atoms with Gasteiger partial charge in [0.1, 0.15) is 18.2 Å². The standard InChI is InChI=1S/C18H12BrF2N3O4S/c19-11-1-4-13(5-2-11)29(27,28)17-7-8-18(26)24(23-17)10-16(25)22-15-6-3-12(20)9-14(15)21/h1-9H,10H2,(H,22,25). The molecule has 0 aliphatic rings. The summed E-state index contributed by atoms with van der Waals surface area (Å²) in [6.07, 6.45) is 0. The SMILES string of the molecule is O=C(Cn1nc(S(=O)(=O)c2ccc(Br)cc2)ccc1=O)Nc1ccc(F)cc1F. The maximum atomic E-state index is 13.6. The maximum Gasteiger partial charge on any atom is 0.267 e. The Morgan fingerprint density at radius 3 is 2.41 bits per heavy atom. The Morgan fingerprint density at radius 2 is 1.76 bits per heavy atom. The quantitative estimate of drug-likeness (QED) is 0.601. The Balaban J connectivity index is 1.86. The predicted octanol–water partition coefficient (Wildman–Crippen LogP) is 2.76. The lowest BCUT2D eigenvalue weighted by Gasteiger charge is -2.09. The molecular formula is C18H12BrF2N3O4S. The molecule has 0 aliphatic heterocycles. The highest BCUT2D eigenvalue weighted by atomic mass is 79.9.